The summed E-state index contributed by atoms with van der Waals surface area (Å²) >= 11 is 6.40. The Morgan fingerprint density at radius 3 is 2.73 bits per heavy atom. The van der Waals surface area contributed by atoms with Crippen LogP contribution in [0.25, 0.3) is 0 Å². The molecule has 0 rings (SSSR count). The number of nitrogens with one attached hydrogen (secondary N) is 1. The number of hydrogen-bond acceptors (Lipinski definition) is 3. The largest absolute Gasteiger partial charge is 0.262 e. The molecule has 0 aliphatic heterocycles. The lowest BCUT2D eigenvalue weighted by atomic mass is 10.2. The minimum Gasteiger partial charge on any atom is -0.262 e. The van der Waals surface area contributed by atoms with Crippen molar-refractivity contribution < 1.29 is 0 Å². The predicted octanol–water partition coefficient (Wildman–Crippen LogP) is 2.40. The van der Waals surface area contributed by atoms with Gasteiger partial charge in [0.2, 0.25) is 0 Å². The van der Waals surface area contributed by atoms with Gasteiger partial charge in [-0.2, -0.15) is 5.10 Å². The van der Waals surface area contributed by atoms with Crippen LogP contribution in [0.5, 0.6) is 0 Å². The second kappa shape index (κ2) is 6.61. The third-order valence-corrected chi connectivity index (χ3v) is 2.19. The monoisotopic (exact) mass is 190 g/mol. The van der Waals surface area contributed by atoms with Crippen LogP contribution in [-0.4, -0.2) is 16.3 Å². The van der Waals surface area contributed by atoms with Crippen molar-refractivity contribution >= 4 is 34.0 Å². The van der Waals surface area contributed by atoms with E-state index in [-0.39, 0.29) is 0 Å². The van der Waals surface area contributed by atoms with Crippen LogP contribution in [0.4, 0.5) is 0 Å². The van der Waals surface area contributed by atoms with Crippen LogP contribution in [0.3, 0.4) is 0 Å². The fraction of sp³-hybridized carbons (Fsp3) is 0.714. The summed E-state index contributed by atoms with van der Waals surface area (Å²) < 4.78 is 0.723. The molecule has 0 aromatic rings. The topological polar surface area (TPSA) is 24.4 Å². The van der Waals surface area contributed by atoms with Gasteiger partial charge in [0.25, 0.3) is 0 Å². The fourth-order valence-corrected chi connectivity index (χ4v) is 0.787. The first-order chi connectivity index (χ1) is 5.20. The molecule has 0 radical (unpaired) electrons. The molecular formula is C7H14N2S2. The van der Waals surface area contributed by atoms with E-state index >= 15 is 0 Å². The van der Waals surface area contributed by atoms with Gasteiger partial charge in [-0.05, 0) is 19.6 Å². The maximum atomic E-state index is 4.90. The molecule has 0 aliphatic rings. The minimum atomic E-state index is 0.723. The summed E-state index contributed by atoms with van der Waals surface area (Å²) in [5, 5.41) is 4.09. The van der Waals surface area contributed by atoms with Gasteiger partial charge in [0.15, 0.2) is 4.32 Å². The summed E-state index contributed by atoms with van der Waals surface area (Å²) in [7, 11) is 0. The Morgan fingerprint density at radius 1 is 1.64 bits per heavy atom. The number of hydrazone groups is 1. The molecule has 0 aliphatic carbocycles. The van der Waals surface area contributed by atoms with E-state index in [0.29, 0.717) is 0 Å². The Balaban J connectivity index is 3.63. The Bertz CT molecular complexity index is 155. The highest BCUT2D eigenvalue weighted by molar-refractivity contribution is 8.22. The van der Waals surface area contributed by atoms with E-state index < -0.39 is 0 Å². The summed E-state index contributed by atoms with van der Waals surface area (Å²) in [5.41, 5.74) is 3.90. The van der Waals surface area contributed by atoms with Crippen LogP contribution in [0, 0.1) is 0 Å². The molecule has 11 heavy (non-hydrogen) atoms. The lowest BCUT2D eigenvalue weighted by Gasteiger charge is -1.99. The van der Waals surface area contributed by atoms with Crippen molar-refractivity contribution in [1.29, 1.82) is 0 Å². The highest BCUT2D eigenvalue weighted by atomic mass is 32.2. The van der Waals surface area contributed by atoms with E-state index in [0.717, 1.165) is 22.9 Å². The van der Waals surface area contributed by atoms with Crippen molar-refractivity contribution in [2.75, 3.05) is 6.26 Å². The van der Waals surface area contributed by atoms with Crippen LogP contribution in [0.1, 0.15) is 26.7 Å². The summed E-state index contributed by atoms with van der Waals surface area (Å²) in [6, 6.07) is 0. The molecule has 0 saturated heterocycles. The first-order valence-corrected chi connectivity index (χ1v) is 5.21. The molecule has 0 unspecified atom stereocenters. The minimum absolute atomic E-state index is 0.723. The van der Waals surface area contributed by atoms with E-state index in [1.165, 1.54) is 11.8 Å². The third kappa shape index (κ3) is 6.31. The van der Waals surface area contributed by atoms with Gasteiger partial charge >= 0.3 is 0 Å². The molecule has 64 valence electrons. The summed E-state index contributed by atoms with van der Waals surface area (Å²) in [6.45, 7) is 4.13. The average Bonchev–Trinajstić information content (AvgIpc) is 2.01. The molecule has 0 atom stereocenters. The number of thioether (sulfide) groups is 1. The molecule has 0 saturated carbocycles. The first kappa shape index (κ1) is 10.9. The molecule has 0 fully saturated rings. The van der Waals surface area contributed by atoms with Gasteiger partial charge in [0.1, 0.15) is 0 Å². The van der Waals surface area contributed by atoms with Gasteiger partial charge in [-0.3, -0.25) is 5.43 Å². The molecule has 0 aromatic heterocycles. The Hall–Kier alpha value is -0.0900. The van der Waals surface area contributed by atoms with Crippen molar-refractivity contribution in [3.05, 3.63) is 0 Å². The Kier molecular flexibility index (Phi) is 6.56. The van der Waals surface area contributed by atoms with E-state index in [2.05, 4.69) is 17.5 Å². The highest BCUT2D eigenvalue weighted by Gasteiger charge is 1.90. The lowest BCUT2D eigenvalue weighted by molar-refractivity contribution is 0.954. The smallest absolute Gasteiger partial charge is 0.153 e. The SMILES string of the molecule is CCCC(C)=NNC(=S)SC. The Morgan fingerprint density at radius 2 is 2.27 bits per heavy atom. The number of nitrogens with zero attached hydrogens (tertiary/aromatic N) is 1. The zero-order valence-corrected chi connectivity index (χ0v) is 8.81. The molecular weight excluding hydrogens is 176 g/mol. The molecule has 4 heteroatoms. The zero-order chi connectivity index (χ0) is 8.69. The van der Waals surface area contributed by atoms with Gasteiger partial charge in [0.05, 0.1) is 0 Å². The fourth-order valence-electron chi connectivity index (χ4n) is 0.604. The van der Waals surface area contributed by atoms with Crippen molar-refractivity contribution in [1.82, 2.24) is 5.43 Å². The molecule has 2 nitrogen and oxygen atoms in total. The summed E-state index contributed by atoms with van der Waals surface area (Å²) in [5.74, 6) is 0. The maximum Gasteiger partial charge on any atom is 0.153 e. The standard InChI is InChI=1S/C7H14N2S2/c1-4-5-6(2)8-9-7(10)11-3/h4-5H2,1-3H3,(H,9,10). The quantitative estimate of drug-likeness (QED) is 0.420. The second-order valence-corrected chi connectivity index (χ2v) is 3.68. The van der Waals surface area contributed by atoms with Crippen LogP contribution in [-0.2, 0) is 0 Å². The van der Waals surface area contributed by atoms with Crippen molar-refractivity contribution in [2.24, 2.45) is 5.10 Å². The van der Waals surface area contributed by atoms with Crippen molar-refractivity contribution in [3.8, 4) is 0 Å². The Labute approximate surface area is 77.8 Å². The predicted molar refractivity (Wildman–Crippen MR) is 57.3 cm³/mol. The zero-order valence-electron chi connectivity index (χ0n) is 7.18. The highest BCUT2D eigenvalue weighted by Crippen LogP contribution is 1.95. The van der Waals surface area contributed by atoms with Crippen molar-refractivity contribution in [2.45, 2.75) is 26.7 Å². The second-order valence-electron chi connectivity index (χ2n) is 2.20. The van der Waals surface area contributed by atoms with Gasteiger partial charge in [-0.15, -0.1) is 0 Å². The molecule has 0 heterocycles. The van der Waals surface area contributed by atoms with Crippen LogP contribution in [0.15, 0.2) is 5.10 Å². The van der Waals surface area contributed by atoms with E-state index in [9.17, 15) is 0 Å². The lowest BCUT2D eigenvalue weighted by Crippen LogP contribution is -2.12. The molecule has 0 aromatic carbocycles. The molecule has 0 spiro atoms. The summed E-state index contributed by atoms with van der Waals surface area (Å²) in [4.78, 5) is 0. The van der Waals surface area contributed by atoms with Gasteiger partial charge in [0, 0.05) is 5.71 Å². The normalized spacial score (nSPS) is 11.4. The van der Waals surface area contributed by atoms with Gasteiger partial charge in [-0.25, -0.2) is 0 Å². The molecule has 0 amide bonds. The molecule has 0 bridgehead atoms. The third-order valence-electron chi connectivity index (χ3n) is 1.14. The van der Waals surface area contributed by atoms with E-state index in [4.69, 9.17) is 12.2 Å². The summed E-state index contributed by atoms with van der Waals surface area (Å²) in [6.07, 6.45) is 4.09. The number of thiocarbonyl (C=S) groups is 1. The maximum absolute atomic E-state index is 4.90. The molecule has 1 N–H and O–H groups in total. The van der Waals surface area contributed by atoms with Crippen LogP contribution >= 0.6 is 24.0 Å². The number of hydrogen-bond donors (Lipinski definition) is 1. The van der Waals surface area contributed by atoms with E-state index in [1.807, 2.05) is 13.2 Å². The number of rotatable bonds is 3. The van der Waals surface area contributed by atoms with Gasteiger partial charge in [-0.1, -0.05) is 37.3 Å². The first-order valence-electron chi connectivity index (χ1n) is 3.57. The van der Waals surface area contributed by atoms with Crippen LogP contribution < -0.4 is 5.43 Å². The van der Waals surface area contributed by atoms with E-state index in [1.54, 1.807) is 0 Å². The van der Waals surface area contributed by atoms with Crippen molar-refractivity contribution in [3.63, 3.8) is 0 Å². The van der Waals surface area contributed by atoms with Crippen LogP contribution in [0.2, 0.25) is 0 Å². The van der Waals surface area contributed by atoms with Gasteiger partial charge < -0.3 is 0 Å². The average molecular weight is 190 g/mol.